The maximum Gasteiger partial charge on any atom is 0.240 e. The van der Waals surface area contributed by atoms with E-state index in [4.69, 9.17) is 0 Å². The molecule has 1 N–H and O–H groups in total. The lowest BCUT2D eigenvalue weighted by molar-refractivity contribution is -0.117. The van der Waals surface area contributed by atoms with E-state index >= 15 is 0 Å². The Morgan fingerprint density at radius 2 is 1.96 bits per heavy atom. The Morgan fingerprint density at radius 3 is 2.58 bits per heavy atom. The fourth-order valence-corrected chi connectivity index (χ4v) is 4.75. The minimum Gasteiger partial charge on any atom is -0.325 e. The standard InChI is InChI=1S/C17H18N4O2S3/c1-17(2,15(22)18-13-7-5-4-6-8-13)25-16-20-19-14(21(16)26(3)23)12-9-10-24-11-12/h4-11H,1-3H3,(H,18,22). The lowest BCUT2D eigenvalue weighted by Crippen LogP contribution is -2.34. The van der Waals surface area contributed by atoms with Gasteiger partial charge in [-0.3, -0.25) is 4.79 Å². The molecule has 0 fully saturated rings. The average Bonchev–Trinajstić information content (AvgIpc) is 3.24. The number of benzene rings is 1. The molecule has 1 atom stereocenters. The summed E-state index contributed by atoms with van der Waals surface area (Å²) in [4.78, 5) is 12.7. The van der Waals surface area contributed by atoms with Gasteiger partial charge in [0.2, 0.25) is 11.1 Å². The molecular weight excluding hydrogens is 388 g/mol. The van der Waals surface area contributed by atoms with Gasteiger partial charge in [-0.2, -0.15) is 11.3 Å². The van der Waals surface area contributed by atoms with Gasteiger partial charge in [-0.1, -0.05) is 30.0 Å². The zero-order chi connectivity index (χ0) is 18.7. The van der Waals surface area contributed by atoms with E-state index in [1.54, 1.807) is 24.1 Å². The number of rotatable bonds is 6. The van der Waals surface area contributed by atoms with Crippen LogP contribution in [0.25, 0.3) is 11.4 Å². The predicted octanol–water partition coefficient (Wildman–Crippen LogP) is 3.66. The number of amides is 1. The van der Waals surface area contributed by atoms with Crippen LogP contribution in [0.15, 0.2) is 52.3 Å². The van der Waals surface area contributed by atoms with Crippen LogP contribution in [-0.2, 0) is 15.8 Å². The molecule has 0 spiro atoms. The maximum atomic E-state index is 12.7. The van der Waals surface area contributed by atoms with E-state index in [-0.39, 0.29) is 5.91 Å². The van der Waals surface area contributed by atoms with Gasteiger partial charge in [0.15, 0.2) is 5.82 Å². The highest BCUT2D eigenvalue weighted by Gasteiger charge is 2.32. The highest BCUT2D eigenvalue weighted by atomic mass is 32.2. The number of para-hydroxylation sites is 1. The molecule has 136 valence electrons. The molecule has 0 saturated heterocycles. The second-order valence-corrected chi connectivity index (χ2v) is 9.55. The van der Waals surface area contributed by atoms with Crippen molar-refractivity contribution >= 4 is 45.7 Å². The number of thiophene rings is 1. The predicted molar refractivity (Wildman–Crippen MR) is 108 cm³/mol. The molecule has 0 saturated carbocycles. The molecule has 3 aromatic rings. The van der Waals surface area contributed by atoms with Crippen molar-refractivity contribution in [1.29, 1.82) is 0 Å². The molecule has 6 nitrogen and oxygen atoms in total. The summed E-state index contributed by atoms with van der Waals surface area (Å²) >= 11 is 2.77. The van der Waals surface area contributed by atoms with Crippen molar-refractivity contribution in [3.63, 3.8) is 0 Å². The van der Waals surface area contributed by atoms with Crippen LogP contribution in [-0.4, -0.2) is 35.3 Å². The van der Waals surface area contributed by atoms with Gasteiger partial charge in [0.25, 0.3) is 0 Å². The summed E-state index contributed by atoms with van der Waals surface area (Å²) in [5, 5.41) is 15.5. The van der Waals surface area contributed by atoms with Gasteiger partial charge in [0.1, 0.15) is 11.0 Å². The van der Waals surface area contributed by atoms with E-state index in [0.29, 0.717) is 11.0 Å². The first-order valence-electron chi connectivity index (χ1n) is 7.76. The Balaban J connectivity index is 1.85. The number of carbonyl (C=O) groups is 1. The number of nitrogens with one attached hydrogen (secondary N) is 1. The number of aromatic nitrogens is 3. The third-order valence-corrected chi connectivity index (χ3v) is 6.36. The molecule has 0 bridgehead atoms. The highest BCUT2D eigenvalue weighted by Crippen LogP contribution is 2.35. The molecule has 1 amide bonds. The van der Waals surface area contributed by atoms with E-state index in [9.17, 15) is 9.00 Å². The first kappa shape index (κ1) is 18.8. The van der Waals surface area contributed by atoms with Crippen molar-refractivity contribution in [2.45, 2.75) is 23.8 Å². The van der Waals surface area contributed by atoms with Gasteiger partial charge in [-0.25, -0.2) is 8.18 Å². The van der Waals surface area contributed by atoms with Crippen molar-refractivity contribution < 1.29 is 9.00 Å². The Hall–Kier alpha value is -1.97. The van der Waals surface area contributed by atoms with Gasteiger partial charge >= 0.3 is 0 Å². The monoisotopic (exact) mass is 406 g/mol. The molecule has 0 radical (unpaired) electrons. The molecule has 1 aromatic carbocycles. The average molecular weight is 407 g/mol. The van der Waals surface area contributed by atoms with Gasteiger partial charge in [-0.15, -0.1) is 10.2 Å². The van der Waals surface area contributed by atoms with Gasteiger partial charge < -0.3 is 5.32 Å². The van der Waals surface area contributed by atoms with Crippen molar-refractivity contribution in [3.8, 4) is 11.4 Å². The molecule has 26 heavy (non-hydrogen) atoms. The second-order valence-electron chi connectivity index (χ2n) is 5.97. The van der Waals surface area contributed by atoms with E-state index < -0.39 is 15.7 Å². The quantitative estimate of drug-likeness (QED) is 0.632. The van der Waals surface area contributed by atoms with E-state index in [0.717, 1.165) is 11.3 Å². The lowest BCUT2D eigenvalue weighted by atomic mass is 10.2. The molecule has 0 aliphatic rings. The summed E-state index contributed by atoms with van der Waals surface area (Å²) in [6.45, 7) is 3.61. The fourth-order valence-electron chi connectivity index (χ4n) is 2.20. The van der Waals surface area contributed by atoms with Crippen molar-refractivity contribution in [3.05, 3.63) is 47.2 Å². The Kier molecular flexibility index (Phi) is 5.59. The van der Waals surface area contributed by atoms with Crippen molar-refractivity contribution in [1.82, 2.24) is 14.2 Å². The van der Waals surface area contributed by atoms with E-state index in [2.05, 4.69) is 15.5 Å². The third-order valence-electron chi connectivity index (χ3n) is 3.56. The first-order chi connectivity index (χ1) is 12.4. The fraction of sp³-hybridized carbons (Fsp3) is 0.235. The SMILES string of the molecule is CS(=O)n1c(SC(C)(C)C(=O)Nc2ccccc2)nnc1-c1ccsc1. The molecule has 2 heterocycles. The van der Waals surface area contributed by atoms with Crippen molar-refractivity contribution in [2.75, 3.05) is 11.6 Å². The van der Waals surface area contributed by atoms with Crippen molar-refractivity contribution in [2.24, 2.45) is 0 Å². The zero-order valence-electron chi connectivity index (χ0n) is 14.5. The Bertz CT molecular complexity index is 921. The van der Waals surface area contributed by atoms with Crippen LogP contribution in [0, 0.1) is 0 Å². The summed E-state index contributed by atoms with van der Waals surface area (Å²) in [6, 6.07) is 11.2. The normalized spacial score (nSPS) is 12.7. The van der Waals surface area contributed by atoms with Crippen LogP contribution < -0.4 is 5.32 Å². The molecule has 3 rings (SSSR count). The van der Waals surface area contributed by atoms with E-state index in [1.807, 2.05) is 47.2 Å². The van der Waals surface area contributed by atoms with Gasteiger partial charge in [0, 0.05) is 22.9 Å². The number of nitrogens with zero attached hydrogens (tertiary/aromatic N) is 3. The summed E-state index contributed by atoms with van der Waals surface area (Å²) in [5.41, 5.74) is 1.58. The van der Waals surface area contributed by atoms with Crippen LogP contribution in [0.1, 0.15) is 13.8 Å². The molecular formula is C17H18N4O2S3. The minimum absolute atomic E-state index is 0.165. The van der Waals surface area contributed by atoms with Crippen LogP contribution in [0.3, 0.4) is 0 Å². The minimum atomic E-state index is -1.35. The lowest BCUT2D eigenvalue weighted by Gasteiger charge is -2.22. The first-order valence-corrected chi connectivity index (χ1v) is 11.0. The molecule has 2 aromatic heterocycles. The number of carbonyl (C=O) groups excluding carboxylic acids is 1. The highest BCUT2D eigenvalue weighted by molar-refractivity contribution is 8.01. The smallest absolute Gasteiger partial charge is 0.240 e. The number of hydrogen-bond donors (Lipinski definition) is 1. The van der Waals surface area contributed by atoms with E-state index in [1.165, 1.54) is 23.1 Å². The largest absolute Gasteiger partial charge is 0.325 e. The summed E-state index contributed by atoms with van der Waals surface area (Å²) in [6.07, 6.45) is 1.57. The Labute approximate surface area is 162 Å². The molecule has 0 aliphatic heterocycles. The van der Waals surface area contributed by atoms with Crippen LogP contribution in [0.4, 0.5) is 5.69 Å². The topological polar surface area (TPSA) is 76.9 Å². The van der Waals surface area contributed by atoms with Gasteiger partial charge in [-0.05, 0) is 37.4 Å². The summed E-state index contributed by atoms with van der Waals surface area (Å²) in [7, 11) is -1.35. The molecule has 1 unspecified atom stereocenters. The maximum absolute atomic E-state index is 12.7. The van der Waals surface area contributed by atoms with Crippen LogP contribution in [0.5, 0.6) is 0 Å². The zero-order valence-corrected chi connectivity index (χ0v) is 17.0. The second kappa shape index (κ2) is 7.73. The van der Waals surface area contributed by atoms with Crippen LogP contribution in [0.2, 0.25) is 0 Å². The number of anilines is 1. The van der Waals surface area contributed by atoms with Gasteiger partial charge in [0.05, 0.1) is 4.75 Å². The number of thioether (sulfide) groups is 1. The third kappa shape index (κ3) is 4.05. The van der Waals surface area contributed by atoms with Crippen LogP contribution >= 0.6 is 23.1 Å². The Morgan fingerprint density at radius 1 is 1.23 bits per heavy atom. The molecule has 0 aliphatic carbocycles. The number of hydrogen-bond acceptors (Lipinski definition) is 6. The molecule has 9 heteroatoms. The summed E-state index contributed by atoms with van der Waals surface area (Å²) in [5.74, 6) is 0.371. The summed E-state index contributed by atoms with van der Waals surface area (Å²) < 4.78 is 13.0.